The summed E-state index contributed by atoms with van der Waals surface area (Å²) in [5.74, 6) is 2.08. The maximum absolute atomic E-state index is 6.09. The molecule has 1 heterocycles. The summed E-state index contributed by atoms with van der Waals surface area (Å²) in [5, 5.41) is 3.43. The van der Waals surface area contributed by atoms with E-state index < -0.39 is 0 Å². The van der Waals surface area contributed by atoms with Crippen molar-refractivity contribution in [3.8, 4) is 11.6 Å². The second kappa shape index (κ2) is 6.76. The van der Waals surface area contributed by atoms with Gasteiger partial charge in [0.15, 0.2) is 0 Å². The molecule has 21 heavy (non-hydrogen) atoms. The molecule has 1 aromatic carbocycles. The molecule has 2 aromatic rings. The van der Waals surface area contributed by atoms with Crippen LogP contribution in [0.15, 0.2) is 24.4 Å². The van der Waals surface area contributed by atoms with Gasteiger partial charge in [0.05, 0.1) is 6.20 Å². The lowest BCUT2D eigenvalue weighted by atomic mass is 9.98. The molecule has 0 aliphatic heterocycles. The first-order valence-electron chi connectivity index (χ1n) is 7.06. The van der Waals surface area contributed by atoms with Gasteiger partial charge in [-0.1, -0.05) is 31.5 Å². The van der Waals surface area contributed by atoms with Crippen LogP contribution in [0.2, 0.25) is 5.02 Å². The zero-order valence-corrected chi connectivity index (χ0v) is 13.5. The van der Waals surface area contributed by atoms with Gasteiger partial charge in [-0.05, 0) is 43.0 Å². The van der Waals surface area contributed by atoms with E-state index in [9.17, 15) is 0 Å². The molecule has 0 bridgehead atoms. The Kier molecular flexibility index (Phi) is 5.02. The summed E-state index contributed by atoms with van der Waals surface area (Å²) in [6, 6.07) is 6.02. The van der Waals surface area contributed by atoms with E-state index in [-0.39, 0.29) is 0 Å². The summed E-state index contributed by atoms with van der Waals surface area (Å²) in [6.45, 7) is 9.14. The minimum atomic E-state index is 0.360. The summed E-state index contributed by atoms with van der Waals surface area (Å²) < 4.78 is 5.79. The van der Waals surface area contributed by atoms with Gasteiger partial charge in [0, 0.05) is 6.54 Å². The molecule has 0 radical (unpaired) electrons. The molecule has 0 saturated carbocycles. The quantitative estimate of drug-likeness (QED) is 0.863. The largest absolute Gasteiger partial charge is 0.437 e. The smallest absolute Gasteiger partial charge is 0.243 e. The van der Waals surface area contributed by atoms with Crippen molar-refractivity contribution in [2.45, 2.75) is 33.6 Å². The summed E-state index contributed by atoms with van der Waals surface area (Å²) in [7, 11) is 0. The molecule has 5 heteroatoms. The van der Waals surface area contributed by atoms with Gasteiger partial charge in [-0.15, -0.1) is 0 Å². The first-order chi connectivity index (χ1) is 10.0. The van der Waals surface area contributed by atoms with Gasteiger partial charge >= 0.3 is 0 Å². The molecule has 1 N–H and O–H groups in total. The highest BCUT2D eigenvalue weighted by molar-refractivity contribution is 6.31. The molecular weight excluding hydrogens is 286 g/mol. The lowest BCUT2D eigenvalue weighted by Crippen LogP contribution is -2.03. The fraction of sp³-hybridized carbons (Fsp3) is 0.375. The number of halogens is 1. The second-order valence-corrected chi connectivity index (χ2v) is 5.56. The predicted octanol–water partition coefficient (Wildman–Crippen LogP) is 4.79. The van der Waals surface area contributed by atoms with Crippen LogP contribution < -0.4 is 10.1 Å². The van der Waals surface area contributed by atoms with Gasteiger partial charge in [0.1, 0.15) is 10.8 Å². The third-order valence-electron chi connectivity index (χ3n) is 3.12. The number of hydrogen-bond acceptors (Lipinski definition) is 4. The third-order valence-corrected chi connectivity index (χ3v) is 3.38. The number of hydrogen-bond donors (Lipinski definition) is 1. The predicted molar refractivity (Wildman–Crippen MR) is 86.5 cm³/mol. The van der Waals surface area contributed by atoms with Gasteiger partial charge in [-0.25, -0.2) is 4.98 Å². The highest BCUT2D eigenvalue weighted by atomic mass is 35.5. The summed E-state index contributed by atoms with van der Waals surface area (Å²) in [6.07, 6.45) is 1.54. The lowest BCUT2D eigenvalue weighted by Gasteiger charge is -2.12. The van der Waals surface area contributed by atoms with Crippen molar-refractivity contribution in [1.82, 2.24) is 9.97 Å². The number of rotatable bonds is 5. The Bertz CT molecular complexity index is 629. The van der Waals surface area contributed by atoms with E-state index in [1.807, 2.05) is 19.1 Å². The summed E-state index contributed by atoms with van der Waals surface area (Å²) >= 11 is 6.09. The topological polar surface area (TPSA) is 47.0 Å². The molecule has 1 aromatic heterocycles. The molecule has 0 aliphatic rings. The van der Waals surface area contributed by atoms with E-state index in [0.29, 0.717) is 22.8 Å². The van der Waals surface area contributed by atoms with Crippen LogP contribution in [-0.2, 0) is 0 Å². The maximum Gasteiger partial charge on any atom is 0.243 e. The molecule has 0 spiro atoms. The third kappa shape index (κ3) is 3.85. The highest BCUT2D eigenvalue weighted by Gasteiger charge is 2.10. The number of benzene rings is 1. The molecule has 112 valence electrons. The van der Waals surface area contributed by atoms with Gasteiger partial charge in [0.2, 0.25) is 11.8 Å². The highest BCUT2D eigenvalue weighted by Crippen LogP contribution is 2.30. The van der Waals surface area contributed by atoms with Crippen LogP contribution in [-0.4, -0.2) is 16.5 Å². The molecule has 4 nitrogen and oxygen atoms in total. The van der Waals surface area contributed by atoms with Crippen LogP contribution in [0.1, 0.15) is 37.8 Å². The fourth-order valence-corrected chi connectivity index (χ4v) is 2.27. The van der Waals surface area contributed by atoms with Crippen LogP contribution in [0.25, 0.3) is 0 Å². The van der Waals surface area contributed by atoms with Crippen LogP contribution >= 0.6 is 11.6 Å². The number of aromatic nitrogens is 2. The first-order valence-corrected chi connectivity index (χ1v) is 7.43. The molecule has 0 saturated heterocycles. The van der Waals surface area contributed by atoms with E-state index in [4.69, 9.17) is 16.3 Å². The van der Waals surface area contributed by atoms with E-state index in [1.54, 1.807) is 0 Å². The number of aryl methyl sites for hydroxylation is 1. The van der Waals surface area contributed by atoms with Gasteiger partial charge < -0.3 is 10.1 Å². The van der Waals surface area contributed by atoms with Crippen LogP contribution in [0, 0.1) is 6.92 Å². The Morgan fingerprint density at radius 2 is 2.10 bits per heavy atom. The summed E-state index contributed by atoms with van der Waals surface area (Å²) in [4.78, 5) is 8.36. The lowest BCUT2D eigenvalue weighted by molar-refractivity contribution is 0.462. The molecule has 0 atom stereocenters. The standard InChI is InChI=1S/C16H20ClN3O/c1-5-18-16-19-9-14(17)15(20-16)21-12-6-7-13(10(2)3)11(4)8-12/h6-10H,5H2,1-4H3,(H,18,19,20). The van der Waals surface area contributed by atoms with E-state index in [0.717, 1.165) is 12.3 Å². The van der Waals surface area contributed by atoms with Crippen molar-refractivity contribution in [2.75, 3.05) is 11.9 Å². The Morgan fingerprint density at radius 1 is 1.33 bits per heavy atom. The van der Waals surface area contributed by atoms with Gasteiger partial charge in [-0.2, -0.15) is 4.98 Å². The average molecular weight is 306 g/mol. The number of ether oxygens (including phenoxy) is 1. The molecule has 2 rings (SSSR count). The average Bonchev–Trinajstić information content (AvgIpc) is 2.42. The number of nitrogens with zero attached hydrogens (tertiary/aromatic N) is 2. The van der Waals surface area contributed by atoms with Crippen molar-refractivity contribution in [2.24, 2.45) is 0 Å². The van der Waals surface area contributed by atoms with Crippen molar-refractivity contribution in [1.29, 1.82) is 0 Å². The van der Waals surface area contributed by atoms with Crippen molar-refractivity contribution in [3.63, 3.8) is 0 Å². The summed E-state index contributed by atoms with van der Waals surface area (Å²) in [5.41, 5.74) is 2.50. The Labute approximate surface area is 130 Å². The van der Waals surface area contributed by atoms with Gasteiger partial charge in [-0.3, -0.25) is 0 Å². The number of nitrogens with one attached hydrogen (secondary N) is 1. The van der Waals surface area contributed by atoms with E-state index in [1.165, 1.54) is 17.3 Å². The molecule has 0 fully saturated rings. The maximum atomic E-state index is 6.09. The van der Waals surface area contributed by atoms with Crippen molar-refractivity contribution < 1.29 is 4.74 Å². The molecular formula is C16H20ClN3O. The van der Waals surface area contributed by atoms with Crippen LogP contribution in [0.5, 0.6) is 11.6 Å². The monoisotopic (exact) mass is 305 g/mol. The zero-order valence-electron chi connectivity index (χ0n) is 12.8. The minimum Gasteiger partial charge on any atom is -0.437 e. The molecule has 0 unspecified atom stereocenters. The SMILES string of the molecule is CCNc1ncc(Cl)c(Oc2ccc(C(C)C)c(C)c2)n1. The fourth-order valence-electron chi connectivity index (χ4n) is 2.14. The van der Waals surface area contributed by atoms with E-state index >= 15 is 0 Å². The van der Waals surface area contributed by atoms with Crippen molar-refractivity contribution in [3.05, 3.63) is 40.5 Å². The van der Waals surface area contributed by atoms with Crippen molar-refractivity contribution >= 4 is 17.5 Å². The zero-order chi connectivity index (χ0) is 15.4. The van der Waals surface area contributed by atoms with Crippen LogP contribution in [0.4, 0.5) is 5.95 Å². The number of anilines is 1. The van der Waals surface area contributed by atoms with E-state index in [2.05, 4.69) is 42.1 Å². The Balaban J connectivity index is 2.25. The van der Waals surface area contributed by atoms with Gasteiger partial charge in [0.25, 0.3) is 0 Å². The molecule has 0 aliphatic carbocycles. The first kappa shape index (κ1) is 15.6. The second-order valence-electron chi connectivity index (χ2n) is 5.15. The Hall–Kier alpha value is -1.81. The molecule has 0 amide bonds. The minimum absolute atomic E-state index is 0.360. The Morgan fingerprint density at radius 3 is 2.71 bits per heavy atom. The normalized spacial score (nSPS) is 10.8. The van der Waals surface area contributed by atoms with Crippen LogP contribution in [0.3, 0.4) is 0 Å².